The number of rotatable bonds is 3. The third kappa shape index (κ3) is 11.2. The molecule has 0 bridgehead atoms. The van der Waals surface area contributed by atoms with Crippen LogP contribution < -0.4 is 5.32 Å². The summed E-state index contributed by atoms with van der Waals surface area (Å²) in [5, 5.41) is 3.21. The standard InChI is InChI=1S/C10H15N.CH4O3S/c1-9(11-2)8-10-6-4-3-5-7-10;1-5(2,3)4/h3-7,9,11H,8H2,1-2H3;1H3,(H,2,3,4). The number of hydrogen-bond acceptors (Lipinski definition) is 3. The Balaban J connectivity index is 0.000000385. The highest BCUT2D eigenvalue weighted by Gasteiger charge is 1.97. The van der Waals surface area contributed by atoms with Crippen molar-refractivity contribution in [3.63, 3.8) is 0 Å². The van der Waals surface area contributed by atoms with Gasteiger partial charge >= 0.3 is 0 Å². The fraction of sp³-hybridized carbons (Fsp3) is 0.455. The van der Waals surface area contributed by atoms with Crippen LogP contribution in [-0.4, -0.2) is 32.3 Å². The summed E-state index contributed by atoms with van der Waals surface area (Å²) in [7, 11) is -1.67. The van der Waals surface area contributed by atoms with Crippen LogP contribution in [-0.2, 0) is 16.5 Å². The molecule has 1 rings (SSSR count). The molecule has 0 aromatic heterocycles. The number of nitrogens with one attached hydrogen (secondary N) is 1. The predicted octanol–water partition coefficient (Wildman–Crippen LogP) is 1.34. The summed E-state index contributed by atoms with van der Waals surface area (Å²) in [5.74, 6) is 0. The molecule has 0 spiro atoms. The molecule has 0 saturated heterocycles. The van der Waals surface area contributed by atoms with Gasteiger partial charge in [-0.15, -0.1) is 0 Å². The lowest BCUT2D eigenvalue weighted by molar-refractivity contribution is 0.490. The second kappa shape index (κ2) is 7.38. The molecule has 0 saturated carbocycles. The van der Waals surface area contributed by atoms with E-state index in [1.807, 2.05) is 13.1 Å². The zero-order chi connectivity index (χ0) is 12.6. The van der Waals surface area contributed by atoms with E-state index in [2.05, 4.69) is 36.5 Å². The highest BCUT2D eigenvalue weighted by atomic mass is 32.2. The summed E-state index contributed by atoms with van der Waals surface area (Å²) in [6.07, 6.45) is 1.82. The molecule has 1 atom stereocenters. The summed E-state index contributed by atoms with van der Waals surface area (Å²) < 4.78 is 25.9. The van der Waals surface area contributed by atoms with Crippen LogP contribution in [0.5, 0.6) is 0 Å². The number of likely N-dealkylation sites (N-methyl/N-ethyl adjacent to an activating group) is 1. The van der Waals surface area contributed by atoms with Gasteiger partial charge in [-0.2, -0.15) is 8.42 Å². The minimum Gasteiger partial charge on any atom is -0.317 e. The highest BCUT2D eigenvalue weighted by Crippen LogP contribution is 2.01. The third-order valence-corrected chi connectivity index (χ3v) is 1.88. The van der Waals surface area contributed by atoms with Crippen molar-refractivity contribution < 1.29 is 13.0 Å². The zero-order valence-electron chi connectivity index (χ0n) is 9.84. The molecular formula is C11H19NO3S. The Morgan fingerprint density at radius 1 is 1.31 bits per heavy atom. The Labute approximate surface area is 97.4 Å². The van der Waals surface area contributed by atoms with Gasteiger partial charge in [-0.25, -0.2) is 0 Å². The Morgan fingerprint density at radius 3 is 2.12 bits per heavy atom. The molecule has 0 radical (unpaired) electrons. The second-order valence-electron chi connectivity index (χ2n) is 3.61. The van der Waals surface area contributed by atoms with E-state index >= 15 is 0 Å². The summed E-state index contributed by atoms with van der Waals surface area (Å²) in [5.41, 5.74) is 1.40. The highest BCUT2D eigenvalue weighted by molar-refractivity contribution is 7.85. The summed E-state index contributed by atoms with van der Waals surface area (Å²) in [4.78, 5) is 0. The number of benzene rings is 1. The van der Waals surface area contributed by atoms with Crippen LogP contribution in [0, 0.1) is 0 Å². The molecule has 0 heterocycles. The van der Waals surface area contributed by atoms with Crippen LogP contribution in [0.3, 0.4) is 0 Å². The molecule has 1 unspecified atom stereocenters. The van der Waals surface area contributed by atoms with Gasteiger partial charge in [-0.05, 0) is 26.0 Å². The Morgan fingerprint density at radius 2 is 1.75 bits per heavy atom. The van der Waals surface area contributed by atoms with Gasteiger partial charge in [0.15, 0.2) is 0 Å². The van der Waals surface area contributed by atoms with E-state index in [1.165, 1.54) is 5.56 Å². The van der Waals surface area contributed by atoms with Crippen molar-refractivity contribution in [3.8, 4) is 0 Å². The third-order valence-electron chi connectivity index (χ3n) is 1.88. The molecule has 4 nitrogen and oxygen atoms in total. The van der Waals surface area contributed by atoms with Crippen LogP contribution in [0.1, 0.15) is 12.5 Å². The van der Waals surface area contributed by atoms with E-state index in [9.17, 15) is 8.42 Å². The van der Waals surface area contributed by atoms with Gasteiger partial charge in [0.2, 0.25) is 0 Å². The van der Waals surface area contributed by atoms with Crippen LogP contribution in [0.4, 0.5) is 0 Å². The Kier molecular flexibility index (Phi) is 6.96. The van der Waals surface area contributed by atoms with E-state index < -0.39 is 10.1 Å². The van der Waals surface area contributed by atoms with Gasteiger partial charge in [0.1, 0.15) is 0 Å². The van der Waals surface area contributed by atoms with Gasteiger partial charge in [0.25, 0.3) is 10.1 Å². The molecule has 1 aromatic rings. The number of hydrogen-bond donors (Lipinski definition) is 2. The van der Waals surface area contributed by atoms with E-state index in [4.69, 9.17) is 4.55 Å². The first-order chi connectivity index (χ1) is 7.33. The smallest absolute Gasteiger partial charge is 0.261 e. The van der Waals surface area contributed by atoms with E-state index in [-0.39, 0.29) is 0 Å². The molecular weight excluding hydrogens is 226 g/mol. The average Bonchev–Trinajstić information content (AvgIpc) is 2.16. The van der Waals surface area contributed by atoms with Crippen LogP contribution in [0.2, 0.25) is 0 Å². The quantitative estimate of drug-likeness (QED) is 0.789. The zero-order valence-corrected chi connectivity index (χ0v) is 10.7. The van der Waals surface area contributed by atoms with Crippen molar-refractivity contribution in [2.24, 2.45) is 0 Å². The minimum absolute atomic E-state index is 0.567. The molecule has 1 aromatic carbocycles. The molecule has 92 valence electrons. The van der Waals surface area contributed by atoms with Gasteiger partial charge in [0.05, 0.1) is 6.26 Å². The van der Waals surface area contributed by atoms with Crippen molar-refractivity contribution in [3.05, 3.63) is 35.9 Å². The van der Waals surface area contributed by atoms with Gasteiger partial charge in [-0.1, -0.05) is 30.3 Å². The first kappa shape index (κ1) is 15.1. The second-order valence-corrected chi connectivity index (χ2v) is 5.08. The predicted molar refractivity (Wildman–Crippen MR) is 66.1 cm³/mol. The van der Waals surface area contributed by atoms with Gasteiger partial charge in [-0.3, -0.25) is 4.55 Å². The Hall–Kier alpha value is -0.910. The van der Waals surface area contributed by atoms with E-state index in [1.54, 1.807) is 0 Å². The molecule has 16 heavy (non-hydrogen) atoms. The van der Waals surface area contributed by atoms with E-state index in [0.717, 1.165) is 6.42 Å². The summed E-state index contributed by atoms with van der Waals surface area (Å²) in [6, 6.07) is 11.1. The average molecular weight is 245 g/mol. The lowest BCUT2D eigenvalue weighted by Crippen LogP contribution is -2.23. The maximum atomic E-state index is 9.19. The monoisotopic (exact) mass is 245 g/mol. The van der Waals surface area contributed by atoms with Crippen LogP contribution in [0.15, 0.2) is 30.3 Å². The van der Waals surface area contributed by atoms with Crippen molar-refractivity contribution in [2.45, 2.75) is 19.4 Å². The normalized spacial score (nSPS) is 12.5. The van der Waals surface area contributed by atoms with Crippen molar-refractivity contribution in [1.29, 1.82) is 0 Å². The van der Waals surface area contributed by atoms with E-state index in [0.29, 0.717) is 12.3 Å². The first-order valence-electron chi connectivity index (χ1n) is 4.96. The van der Waals surface area contributed by atoms with Gasteiger partial charge < -0.3 is 5.32 Å². The molecule has 2 N–H and O–H groups in total. The fourth-order valence-electron chi connectivity index (χ4n) is 1.07. The molecule has 0 aliphatic rings. The van der Waals surface area contributed by atoms with Crippen LogP contribution >= 0.6 is 0 Å². The lowest BCUT2D eigenvalue weighted by Gasteiger charge is -2.08. The largest absolute Gasteiger partial charge is 0.317 e. The van der Waals surface area contributed by atoms with Crippen molar-refractivity contribution >= 4 is 10.1 Å². The molecule has 0 aliphatic heterocycles. The SMILES string of the molecule is CNC(C)Cc1ccccc1.CS(=O)(=O)O. The van der Waals surface area contributed by atoms with Crippen molar-refractivity contribution in [2.75, 3.05) is 13.3 Å². The maximum Gasteiger partial charge on any atom is 0.261 e. The fourth-order valence-corrected chi connectivity index (χ4v) is 1.07. The molecule has 0 fully saturated rings. The maximum absolute atomic E-state index is 9.19. The van der Waals surface area contributed by atoms with Gasteiger partial charge in [0, 0.05) is 6.04 Å². The Bertz CT molecular complexity index is 367. The molecule has 0 aliphatic carbocycles. The van der Waals surface area contributed by atoms with Crippen molar-refractivity contribution in [1.82, 2.24) is 5.32 Å². The minimum atomic E-state index is -3.67. The lowest BCUT2D eigenvalue weighted by atomic mass is 10.1. The summed E-state index contributed by atoms with van der Waals surface area (Å²) >= 11 is 0. The topological polar surface area (TPSA) is 66.4 Å². The van der Waals surface area contributed by atoms with Crippen LogP contribution in [0.25, 0.3) is 0 Å². The molecule has 0 amide bonds. The summed E-state index contributed by atoms with van der Waals surface area (Å²) in [6.45, 7) is 2.19. The molecule has 5 heteroatoms. The first-order valence-corrected chi connectivity index (χ1v) is 6.81.